The van der Waals surface area contributed by atoms with Crippen LogP contribution in [0.25, 0.3) is 0 Å². The summed E-state index contributed by atoms with van der Waals surface area (Å²) in [7, 11) is 2.92. The molecule has 0 saturated carbocycles. The van der Waals surface area contributed by atoms with Crippen LogP contribution in [0, 0.1) is 6.92 Å². The number of H-pyrrole nitrogens is 1. The normalized spacial score (nSPS) is 12.0. The minimum absolute atomic E-state index is 0.148. The number of rotatable bonds is 6. The number of halogens is 1. The van der Waals surface area contributed by atoms with E-state index < -0.39 is 5.97 Å². The summed E-state index contributed by atoms with van der Waals surface area (Å²) in [5.74, 6) is -0.0835. The zero-order valence-corrected chi connectivity index (χ0v) is 14.7. The first-order valence-electron chi connectivity index (χ1n) is 7.30. The number of nitrogens with zero attached hydrogens (tertiary/aromatic N) is 3. The molecule has 7 nitrogen and oxygen atoms in total. The molecule has 8 heteroatoms. The highest BCUT2D eigenvalue weighted by atomic mass is 35.5. The van der Waals surface area contributed by atoms with Crippen LogP contribution in [0.3, 0.4) is 0 Å². The van der Waals surface area contributed by atoms with Crippen molar-refractivity contribution in [2.75, 3.05) is 19.2 Å². The van der Waals surface area contributed by atoms with Crippen LogP contribution >= 0.6 is 11.6 Å². The minimum Gasteiger partial charge on any atom is -0.465 e. The Labute approximate surface area is 149 Å². The number of anilines is 1. The fraction of sp³-hybridized carbons (Fsp3) is 0.176. The van der Waals surface area contributed by atoms with Gasteiger partial charge in [-0.2, -0.15) is 10.2 Å². The second-order valence-corrected chi connectivity index (χ2v) is 5.56. The van der Waals surface area contributed by atoms with E-state index >= 15 is 0 Å². The van der Waals surface area contributed by atoms with Gasteiger partial charge < -0.3 is 4.74 Å². The van der Waals surface area contributed by atoms with Crippen LogP contribution < -0.4 is 5.01 Å². The van der Waals surface area contributed by atoms with Crippen molar-refractivity contribution in [2.45, 2.75) is 6.92 Å². The molecule has 0 unspecified atom stereocenters. The number of aromatic nitrogens is 2. The van der Waals surface area contributed by atoms with Crippen molar-refractivity contribution in [1.29, 1.82) is 0 Å². The first-order chi connectivity index (χ1) is 11.9. The van der Waals surface area contributed by atoms with Gasteiger partial charge in [0.05, 0.1) is 18.5 Å². The van der Waals surface area contributed by atoms with E-state index in [0.29, 0.717) is 28.4 Å². The largest absolute Gasteiger partial charge is 0.465 e. The predicted molar refractivity (Wildman–Crippen MR) is 95.9 cm³/mol. The van der Waals surface area contributed by atoms with Crippen LogP contribution in [-0.4, -0.2) is 42.3 Å². The Balaban J connectivity index is 2.49. The molecule has 130 valence electrons. The molecule has 1 aromatic heterocycles. The average Bonchev–Trinajstić information content (AvgIpc) is 3.05. The second kappa shape index (κ2) is 8.25. The van der Waals surface area contributed by atoms with E-state index in [2.05, 4.69) is 20.0 Å². The summed E-state index contributed by atoms with van der Waals surface area (Å²) in [5, 5.41) is 13.5. The molecular weight excluding hydrogens is 344 g/mol. The standard InChI is InChI=1S/C17H17ClN4O3/c1-11-8-16(20-19-11)22(2)21-15(9-13(10-23)17(24)25-3)12-4-6-14(18)7-5-12/h4-10H,1-3H3,(H,19,20)/b13-9+,21-15+. The van der Waals surface area contributed by atoms with Gasteiger partial charge in [0.2, 0.25) is 0 Å². The number of aldehydes is 1. The Morgan fingerprint density at radius 1 is 1.36 bits per heavy atom. The lowest BCUT2D eigenvalue weighted by Gasteiger charge is -2.13. The summed E-state index contributed by atoms with van der Waals surface area (Å²) >= 11 is 5.92. The van der Waals surface area contributed by atoms with Gasteiger partial charge in [-0.1, -0.05) is 23.7 Å². The lowest BCUT2D eigenvalue weighted by atomic mass is 10.1. The van der Waals surface area contributed by atoms with Crippen LogP contribution in [0.2, 0.25) is 5.02 Å². The number of hydrogen-bond acceptors (Lipinski definition) is 6. The Bertz CT molecular complexity index is 825. The van der Waals surface area contributed by atoms with Crippen molar-refractivity contribution in [2.24, 2.45) is 5.10 Å². The predicted octanol–water partition coefficient (Wildman–Crippen LogP) is 2.51. The van der Waals surface area contributed by atoms with Gasteiger partial charge in [-0.05, 0) is 25.1 Å². The quantitative estimate of drug-likeness (QED) is 0.163. The van der Waals surface area contributed by atoms with Gasteiger partial charge in [-0.3, -0.25) is 14.9 Å². The lowest BCUT2D eigenvalue weighted by Crippen LogP contribution is -2.15. The van der Waals surface area contributed by atoms with Crippen LogP contribution in [0.5, 0.6) is 0 Å². The number of carbonyl (C=O) groups is 2. The van der Waals surface area contributed by atoms with Crippen LogP contribution in [0.4, 0.5) is 5.82 Å². The Hall–Kier alpha value is -2.93. The number of ether oxygens (including phenoxy) is 1. The molecule has 0 amide bonds. The van der Waals surface area contributed by atoms with E-state index in [0.717, 1.165) is 5.69 Å². The number of hydrogen-bond donors (Lipinski definition) is 1. The fourth-order valence-corrected chi connectivity index (χ4v) is 2.11. The third kappa shape index (κ3) is 4.77. The molecule has 0 bridgehead atoms. The molecule has 0 spiro atoms. The third-order valence-corrected chi connectivity index (χ3v) is 3.53. The third-order valence-electron chi connectivity index (χ3n) is 3.28. The topological polar surface area (TPSA) is 87.7 Å². The molecule has 0 radical (unpaired) electrons. The Morgan fingerprint density at radius 2 is 2.04 bits per heavy atom. The van der Waals surface area contributed by atoms with Gasteiger partial charge in [0.25, 0.3) is 0 Å². The summed E-state index contributed by atoms with van der Waals surface area (Å²) in [6.45, 7) is 1.85. The first-order valence-corrected chi connectivity index (χ1v) is 7.68. The fourth-order valence-electron chi connectivity index (χ4n) is 1.99. The first kappa shape index (κ1) is 18.4. The van der Waals surface area contributed by atoms with Gasteiger partial charge in [0, 0.05) is 23.7 Å². The number of aryl methyl sites for hydroxylation is 1. The number of allylic oxidation sites excluding steroid dienone is 1. The smallest absolute Gasteiger partial charge is 0.341 e. The van der Waals surface area contributed by atoms with E-state index in [4.69, 9.17) is 11.6 Å². The molecule has 1 N–H and O–H groups in total. The van der Waals surface area contributed by atoms with Crippen LogP contribution in [0.15, 0.2) is 47.1 Å². The van der Waals surface area contributed by atoms with Gasteiger partial charge in [0.1, 0.15) is 11.4 Å². The van der Waals surface area contributed by atoms with E-state index in [9.17, 15) is 9.59 Å². The van der Waals surface area contributed by atoms with E-state index in [1.54, 1.807) is 36.3 Å². The monoisotopic (exact) mass is 360 g/mol. The maximum Gasteiger partial charge on any atom is 0.341 e. The van der Waals surface area contributed by atoms with Crippen molar-refractivity contribution in [3.05, 3.63) is 58.3 Å². The van der Waals surface area contributed by atoms with Gasteiger partial charge >= 0.3 is 5.97 Å². The maximum atomic E-state index is 11.7. The van der Waals surface area contributed by atoms with Crippen molar-refractivity contribution in [1.82, 2.24) is 10.2 Å². The molecule has 25 heavy (non-hydrogen) atoms. The van der Waals surface area contributed by atoms with Crippen molar-refractivity contribution >= 4 is 35.4 Å². The Kier molecular flexibility index (Phi) is 6.08. The Morgan fingerprint density at radius 3 is 2.56 bits per heavy atom. The number of hydrazone groups is 1. The number of benzene rings is 1. The lowest BCUT2D eigenvalue weighted by molar-refractivity contribution is -0.136. The molecule has 0 aliphatic rings. The summed E-state index contributed by atoms with van der Waals surface area (Å²) in [4.78, 5) is 22.9. The molecule has 0 aliphatic heterocycles. The zero-order valence-electron chi connectivity index (χ0n) is 14.0. The maximum absolute atomic E-state index is 11.7. The minimum atomic E-state index is -0.739. The molecule has 1 aromatic carbocycles. The van der Waals surface area contributed by atoms with E-state index in [1.165, 1.54) is 13.2 Å². The van der Waals surface area contributed by atoms with Crippen LogP contribution in [-0.2, 0) is 14.3 Å². The van der Waals surface area contributed by atoms with Crippen LogP contribution in [0.1, 0.15) is 11.3 Å². The highest BCUT2D eigenvalue weighted by Gasteiger charge is 2.13. The summed E-state index contributed by atoms with van der Waals surface area (Å²) in [6.07, 6.45) is 1.79. The SMILES string of the molecule is COC(=O)/C(C=O)=C/C(=N\N(C)c1cc(C)n[nH]1)c1ccc(Cl)cc1. The van der Waals surface area contributed by atoms with E-state index in [1.807, 2.05) is 13.0 Å². The number of methoxy groups -OCH3 is 1. The molecule has 1 heterocycles. The van der Waals surface area contributed by atoms with Crippen molar-refractivity contribution < 1.29 is 14.3 Å². The van der Waals surface area contributed by atoms with Gasteiger partial charge in [-0.15, -0.1) is 0 Å². The van der Waals surface area contributed by atoms with Gasteiger partial charge in [0.15, 0.2) is 6.29 Å². The van der Waals surface area contributed by atoms with Crippen molar-refractivity contribution in [3.63, 3.8) is 0 Å². The summed E-state index contributed by atoms with van der Waals surface area (Å²) in [6, 6.07) is 8.68. The summed E-state index contributed by atoms with van der Waals surface area (Å²) < 4.78 is 4.61. The highest BCUT2D eigenvalue weighted by molar-refractivity contribution is 6.30. The van der Waals surface area contributed by atoms with Gasteiger partial charge in [-0.25, -0.2) is 4.79 Å². The zero-order chi connectivity index (χ0) is 18.4. The number of esters is 1. The van der Waals surface area contributed by atoms with E-state index in [-0.39, 0.29) is 5.57 Å². The summed E-state index contributed by atoms with van der Waals surface area (Å²) in [5.41, 5.74) is 1.73. The number of aromatic amines is 1. The molecular formula is C17H17ClN4O3. The molecule has 0 fully saturated rings. The number of carbonyl (C=O) groups excluding carboxylic acids is 2. The highest BCUT2D eigenvalue weighted by Crippen LogP contribution is 2.15. The molecule has 2 rings (SSSR count). The molecule has 0 atom stereocenters. The second-order valence-electron chi connectivity index (χ2n) is 5.12. The van der Waals surface area contributed by atoms with Crippen molar-refractivity contribution in [3.8, 4) is 0 Å². The molecule has 0 aliphatic carbocycles. The molecule has 0 saturated heterocycles. The number of nitrogens with one attached hydrogen (secondary N) is 1. The average molecular weight is 361 g/mol. The molecule has 2 aromatic rings.